The third kappa shape index (κ3) is 8.24. The predicted molar refractivity (Wildman–Crippen MR) is 286 cm³/mol. The van der Waals surface area contributed by atoms with Crippen molar-refractivity contribution in [3.8, 4) is 43.1 Å². The van der Waals surface area contributed by atoms with E-state index in [1.807, 2.05) is 60.0 Å². The third-order valence-electron chi connectivity index (χ3n) is 11.5. The first kappa shape index (κ1) is 44.8. The van der Waals surface area contributed by atoms with Crippen molar-refractivity contribution in [3.63, 3.8) is 0 Å². The van der Waals surface area contributed by atoms with Gasteiger partial charge in [-0.25, -0.2) is 0 Å². The van der Waals surface area contributed by atoms with Crippen LogP contribution >= 0.6 is 68.0 Å². The second-order valence-corrected chi connectivity index (χ2v) is 56.2. The van der Waals surface area contributed by atoms with Gasteiger partial charge in [-0.2, -0.15) is 0 Å². The van der Waals surface area contributed by atoms with Gasteiger partial charge in [0.2, 0.25) is 0 Å². The van der Waals surface area contributed by atoms with E-state index in [1.165, 1.54) is 104 Å². The van der Waals surface area contributed by atoms with E-state index in [4.69, 9.17) is 0 Å². The minimum absolute atomic E-state index is 0.144. The molecular formula is C52H50F2S6Sn2. The predicted octanol–water partition coefficient (Wildman–Crippen LogP) is 18.2. The van der Waals surface area contributed by atoms with Crippen molar-refractivity contribution in [2.45, 2.75) is 71.2 Å². The molecule has 10 rings (SSSR count). The summed E-state index contributed by atoms with van der Waals surface area (Å²) in [6.07, 6.45) is 0. The summed E-state index contributed by atoms with van der Waals surface area (Å²) in [6, 6.07) is 31.6. The molecule has 4 aromatic carbocycles. The maximum absolute atomic E-state index is 14.5. The number of hydrogen-bond donors (Lipinski definition) is 0. The molecule has 10 heteroatoms. The number of aryl methyl sites for hydroxylation is 6. The summed E-state index contributed by atoms with van der Waals surface area (Å²) in [4.78, 5) is 19.4. The van der Waals surface area contributed by atoms with Crippen molar-refractivity contribution in [1.82, 2.24) is 0 Å². The summed E-state index contributed by atoms with van der Waals surface area (Å²) in [5.41, 5.74) is 11.5. The summed E-state index contributed by atoms with van der Waals surface area (Å²) in [5, 5.41) is 4.93. The molecule has 0 amide bonds. The summed E-state index contributed by atoms with van der Waals surface area (Å²) >= 11 is 5.63. The van der Waals surface area contributed by atoms with E-state index in [0.717, 1.165) is 26.3 Å². The summed E-state index contributed by atoms with van der Waals surface area (Å²) in [7, 11) is 0. The fourth-order valence-corrected chi connectivity index (χ4v) is 25.4. The van der Waals surface area contributed by atoms with Crippen LogP contribution in [0.25, 0.3) is 83.5 Å². The number of halogens is 2. The van der Waals surface area contributed by atoms with Crippen LogP contribution in [0.3, 0.4) is 0 Å². The van der Waals surface area contributed by atoms with Gasteiger partial charge in [0.15, 0.2) is 0 Å². The Morgan fingerprint density at radius 3 is 1.10 bits per heavy atom. The fourth-order valence-electron chi connectivity index (χ4n) is 8.38. The van der Waals surface area contributed by atoms with Gasteiger partial charge in [0.05, 0.1) is 0 Å². The van der Waals surface area contributed by atoms with E-state index in [1.54, 1.807) is 2.89 Å². The Morgan fingerprint density at radius 2 is 0.742 bits per heavy atom. The molecule has 0 nitrogen and oxygen atoms in total. The molecule has 6 aromatic heterocycles. The van der Waals surface area contributed by atoms with Crippen LogP contribution in [0.2, 0.25) is 29.6 Å². The Balaban J connectivity index is 0.000000158. The second kappa shape index (κ2) is 16.8. The Morgan fingerprint density at radius 1 is 0.387 bits per heavy atom. The number of thiophene rings is 6. The van der Waals surface area contributed by atoms with Crippen LogP contribution in [0.5, 0.6) is 0 Å². The first-order chi connectivity index (χ1) is 29.3. The van der Waals surface area contributed by atoms with Crippen molar-refractivity contribution in [3.05, 3.63) is 127 Å². The molecular weight excluding hydrogens is 1090 g/mol. The standard InChI is InChI=1S/C25H19S2.C21H13F2S4.6CH3.2Sn/c1-15-6-4-8-18(12-15)22-20-10-11-26-24(20)25-21(14-17(3)27-25)23(22)19-9-5-7-16(2)13-19;1-9-6-14(26-20(9)22)16-12-4-5-24-18(12)19-13(8-11(3)25-19)17(16)15-7-10(2)21(23)27-15;;;;;;;;/h4-10,12-14H,1-3H3;4,6-8H,1-3H3;6*1H3;;. The van der Waals surface area contributed by atoms with Gasteiger partial charge in [-0.3, -0.25) is 0 Å². The van der Waals surface area contributed by atoms with E-state index < -0.39 is 36.8 Å². The van der Waals surface area contributed by atoms with Gasteiger partial charge < -0.3 is 0 Å². The number of benzene rings is 4. The van der Waals surface area contributed by atoms with E-state index >= 15 is 0 Å². The number of fused-ring (bicyclic) bond motifs is 6. The number of hydrogen-bond acceptors (Lipinski definition) is 6. The Kier molecular flexibility index (Phi) is 12.1. The molecule has 316 valence electrons. The zero-order valence-corrected chi connectivity index (χ0v) is 47.9. The Labute approximate surface area is 396 Å². The van der Waals surface area contributed by atoms with Gasteiger partial charge in [-0.15, -0.1) is 0 Å². The minimum atomic E-state index is -2.33. The summed E-state index contributed by atoms with van der Waals surface area (Å²) in [6.45, 7) is 12.4. The molecule has 0 unspecified atom stereocenters. The van der Waals surface area contributed by atoms with E-state index in [2.05, 4.69) is 141 Å². The molecule has 0 aliphatic heterocycles. The molecule has 0 N–H and O–H groups in total. The molecule has 6 heterocycles. The zero-order valence-electron chi connectivity index (χ0n) is 37.3. The van der Waals surface area contributed by atoms with E-state index in [9.17, 15) is 8.78 Å². The monoisotopic (exact) mass is 1140 g/mol. The maximum atomic E-state index is 14.5. The van der Waals surface area contributed by atoms with Crippen molar-refractivity contribution in [1.29, 1.82) is 0 Å². The molecule has 10 aromatic rings. The van der Waals surface area contributed by atoms with Crippen molar-refractivity contribution >= 4 is 151 Å². The van der Waals surface area contributed by atoms with Crippen LogP contribution < -0.4 is 5.79 Å². The quantitative estimate of drug-likeness (QED) is 0.146. The van der Waals surface area contributed by atoms with Gasteiger partial charge in [-0.1, -0.05) is 0 Å². The average molecular weight is 1140 g/mol. The molecule has 0 spiro atoms. The molecule has 0 radical (unpaired) electrons. The second-order valence-electron chi connectivity index (χ2n) is 18.8. The van der Waals surface area contributed by atoms with Crippen molar-refractivity contribution < 1.29 is 8.78 Å². The first-order valence-electron chi connectivity index (χ1n) is 20.9. The Bertz CT molecular complexity index is 3330. The van der Waals surface area contributed by atoms with E-state index in [0.29, 0.717) is 11.1 Å². The normalized spacial score (nSPS) is 12.4. The van der Waals surface area contributed by atoms with Gasteiger partial charge >= 0.3 is 401 Å². The van der Waals surface area contributed by atoms with Crippen LogP contribution in [-0.2, 0) is 0 Å². The molecule has 0 saturated carbocycles. The van der Waals surface area contributed by atoms with Crippen LogP contribution in [0.15, 0.2) is 84.9 Å². The van der Waals surface area contributed by atoms with Gasteiger partial charge in [0.1, 0.15) is 0 Å². The summed E-state index contributed by atoms with van der Waals surface area (Å²) in [5.74, 6) is 0. The van der Waals surface area contributed by atoms with Crippen molar-refractivity contribution in [2.24, 2.45) is 0 Å². The average Bonchev–Trinajstić information content (AvgIpc) is 4.05. The van der Waals surface area contributed by atoms with Crippen LogP contribution in [0, 0.1) is 51.8 Å². The molecule has 0 fully saturated rings. The SMILES string of the molecule is Cc1cc2c(-c3cc(C)c(F)s3)c(-c3cc(C)c(F)s3)c3c[c]([Sn]([CH3])([CH3])[CH3])sc3c2s1.Cc1cccc(-c2c(-c3cccc(C)c3)c3c[c]([Sn]([CH3])([CH3])[CH3])sc3c3sc(C)cc23)c1. The topological polar surface area (TPSA) is 0 Å². The van der Waals surface area contributed by atoms with Gasteiger partial charge in [0.25, 0.3) is 0 Å². The molecule has 0 saturated heterocycles. The molecule has 0 aliphatic carbocycles. The van der Waals surface area contributed by atoms with Crippen LogP contribution in [0.4, 0.5) is 8.78 Å². The Hall–Kier alpha value is -2.42. The zero-order chi connectivity index (χ0) is 44.2. The van der Waals surface area contributed by atoms with Gasteiger partial charge in [0, 0.05) is 0 Å². The molecule has 62 heavy (non-hydrogen) atoms. The molecule has 0 atom stereocenters. The molecule has 0 aliphatic rings. The summed E-state index contributed by atoms with van der Waals surface area (Å²) < 4.78 is 37.7. The first-order valence-corrected chi connectivity index (χ1v) is 45.8. The molecule has 0 bridgehead atoms. The van der Waals surface area contributed by atoms with E-state index in [-0.39, 0.29) is 10.3 Å². The number of rotatable bonds is 6. The van der Waals surface area contributed by atoms with Crippen LogP contribution in [0.1, 0.15) is 32.0 Å². The third-order valence-corrected chi connectivity index (χ3v) is 37.1. The van der Waals surface area contributed by atoms with Crippen LogP contribution in [-0.4, -0.2) is 36.8 Å². The van der Waals surface area contributed by atoms with Crippen molar-refractivity contribution in [2.75, 3.05) is 0 Å². The van der Waals surface area contributed by atoms with Gasteiger partial charge in [-0.05, 0) is 0 Å². The fraction of sp³-hybridized carbons (Fsp3) is 0.231.